The number of anilines is 2. The van der Waals surface area contributed by atoms with Gasteiger partial charge in [0.2, 0.25) is 15.9 Å². The Morgan fingerprint density at radius 2 is 1.84 bits per heavy atom. The van der Waals surface area contributed by atoms with E-state index in [9.17, 15) is 18.0 Å². The van der Waals surface area contributed by atoms with Crippen molar-refractivity contribution in [3.63, 3.8) is 0 Å². The lowest BCUT2D eigenvalue weighted by Gasteiger charge is -2.24. The normalized spacial score (nSPS) is 16.7. The molecular formula is C22H27N5O4S. The fraction of sp³-hybridized carbons (Fsp3) is 0.409. The van der Waals surface area contributed by atoms with Crippen LogP contribution in [0.4, 0.5) is 16.3 Å². The monoisotopic (exact) mass is 457 g/mol. The van der Waals surface area contributed by atoms with Crippen LogP contribution in [0.1, 0.15) is 30.9 Å². The molecule has 2 aliphatic heterocycles. The Morgan fingerprint density at radius 3 is 2.53 bits per heavy atom. The fourth-order valence-electron chi connectivity index (χ4n) is 3.95. The second-order valence-corrected chi connectivity index (χ2v) is 9.94. The minimum Gasteiger partial charge on any atom is -0.324 e. The van der Waals surface area contributed by atoms with E-state index in [1.807, 2.05) is 11.8 Å². The minimum atomic E-state index is -3.92. The summed E-state index contributed by atoms with van der Waals surface area (Å²) in [5.41, 5.74) is 2.51. The molecule has 0 spiro atoms. The largest absolute Gasteiger partial charge is 0.324 e. The van der Waals surface area contributed by atoms with Crippen molar-refractivity contribution in [2.75, 3.05) is 29.9 Å². The number of hydrogen-bond acceptors (Lipinski definition) is 5. The van der Waals surface area contributed by atoms with Crippen molar-refractivity contribution in [3.05, 3.63) is 47.7 Å². The van der Waals surface area contributed by atoms with Crippen LogP contribution < -0.4 is 14.9 Å². The lowest BCUT2D eigenvalue weighted by Crippen LogP contribution is -2.41. The van der Waals surface area contributed by atoms with Gasteiger partial charge in [0, 0.05) is 31.5 Å². The summed E-state index contributed by atoms with van der Waals surface area (Å²) in [6.45, 7) is 5.42. The molecule has 2 aromatic rings. The Balaban J connectivity index is 1.44. The van der Waals surface area contributed by atoms with Gasteiger partial charge in [-0.2, -0.15) is 4.72 Å². The van der Waals surface area contributed by atoms with E-state index in [4.69, 9.17) is 0 Å². The summed E-state index contributed by atoms with van der Waals surface area (Å²) in [5, 5.41) is 2.60. The molecule has 3 heterocycles. The highest BCUT2D eigenvalue weighted by Gasteiger charge is 2.31. The van der Waals surface area contributed by atoms with Gasteiger partial charge < -0.3 is 10.2 Å². The van der Waals surface area contributed by atoms with Crippen molar-refractivity contribution in [1.82, 2.24) is 14.6 Å². The third-order valence-corrected chi connectivity index (χ3v) is 7.29. The standard InChI is InChI=1S/C22H27N5O4S/c1-15-5-8-20(23-14-15)24-21(28)16(2)25-32(30,31)18-6-7-19-17(13-18)9-12-27(19)22(29)26-10-3-4-11-26/h5-8,13-14,16,25H,3-4,9-12H2,1-2H3,(H,23,24,28)/t16-/m0/s1. The molecule has 32 heavy (non-hydrogen) atoms. The van der Waals surface area contributed by atoms with Gasteiger partial charge in [-0.1, -0.05) is 6.07 Å². The second kappa shape index (κ2) is 8.87. The Labute approximate surface area is 187 Å². The number of carbonyl (C=O) groups is 2. The van der Waals surface area contributed by atoms with Crippen molar-refractivity contribution >= 4 is 33.5 Å². The molecule has 1 saturated heterocycles. The summed E-state index contributed by atoms with van der Waals surface area (Å²) >= 11 is 0. The topological polar surface area (TPSA) is 112 Å². The molecule has 0 bridgehead atoms. The van der Waals surface area contributed by atoms with Crippen LogP contribution >= 0.6 is 0 Å². The van der Waals surface area contributed by atoms with Crippen LogP contribution in [0, 0.1) is 6.92 Å². The summed E-state index contributed by atoms with van der Waals surface area (Å²) in [6, 6.07) is 7.18. The van der Waals surface area contributed by atoms with Crippen molar-refractivity contribution < 1.29 is 18.0 Å². The molecule has 1 aromatic heterocycles. The molecule has 9 nitrogen and oxygen atoms in total. The van der Waals surface area contributed by atoms with Gasteiger partial charge in [-0.3, -0.25) is 9.69 Å². The molecule has 2 aliphatic rings. The molecule has 0 aliphatic carbocycles. The Kier molecular flexibility index (Phi) is 6.16. The van der Waals surface area contributed by atoms with Crippen molar-refractivity contribution in [2.24, 2.45) is 0 Å². The van der Waals surface area contributed by atoms with Crippen LogP contribution in [0.5, 0.6) is 0 Å². The molecule has 1 fully saturated rings. The lowest BCUT2D eigenvalue weighted by atomic mass is 10.2. The predicted octanol–water partition coefficient (Wildman–Crippen LogP) is 2.27. The number of sulfonamides is 1. The molecule has 4 rings (SSSR count). The number of nitrogens with one attached hydrogen (secondary N) is 2. The van der Waals surface area contributed by atoms with E-state index < -0.39 is 22.0 Å². The number of likely N-dealkylation sites (tertiary alicyclic amines) is 1. The average molecular weight is 458 g/mol. The van der Waals surface area contributed by atoms with Gasteiger partial charge in [-0.05, 0) is 68.5 Å². The maximum absolute atomic E-state index is 12.9. The zero-order valence-electron chi connectivity index (χ0n) is 18.2. The van der Waals surface area contributed by atoms with Crippen LogP contribution in [0.3, 0.4) is 0 Å². The zero-order chi connectivity index (χ0) is 22.9. The molecule has 1 atom stereocenters. The first-order valence-electron chi connectivity index (χ1n) is 10.7. The number of carbonyl (C=O) groups excluding carboxylic acids is 2. The third kappa shape index (κ3) is 4.61. The van der Waals surface area contributed by atoms with Gasteiger partial charge in [0.25, 0.3) is 0 Å². The van der Waals surface area contributed by atoms with Gasteiger partial charge in [0.1, 0.15) is 5.82 Å². The molecule has 0 radical (unpaired) electrons. The van der Waals surface area contributed by atoms with E-state index in [-0.39, 0.29) is 10.9 Å². The highest BCUT2D eigenvalue weighted by Crippen LogP contribution is 2.31. The van der Waals surface area contributed by atoms with Gasteiger partial charge in [0.15, 0.2) is 0 Å². The first-order valence-corrected chi connectivity index (χ1v) is 12.2. The van der Waals surface area contributed by atoms with Crippen LogP contribution in [0.2, 0.25) is 0 Å². The highest BCUT2D eigenvalue weighted by atomic mass is 32.2. The van der Waals surface area contributed by atoms with E-state index in [0.29, 0.717) is 18.8 Å². The molecular weight excluding hydrogens is 430 g/mol. The summed E-state index contributed by atoms with van der Waals surface area (Å²) < 4.78 is 28.2. The molecule has 10 heteroatoms. The number of urea groups is 1. The number of amides is 3. The number of benzene rings is 1. The Bertz CT molecular complexity index is 1130. The van der Waals surface area contributed by atoms with E-state index >= 15 is 0 Å². The summed E-state index contributed by atoms with van der Waals surface area (Å²) in [4.78, 5) is 32.9. The zero-order valence-corrected chi connectivity index (χ0v) is 19.0. The quantitative estimate of drug-likeness (QED) is 0.715. The van der Waals surface area contributed by atoms with E-state index in [1.54, 1.807) is 35.4 Å². The number of nitrogens with zero attached hydrogens (tertiary/aromatic N) is 3. The molecule has 170 valence electrons. The van der Waals surface area contributed by atoms with Crippen LogP contribution in [-0.4, -0.2) is 55.9 Å². The van der Waals surface area contributed by atoms with Gasteiger partial charge in [-0.15, -0.1) is 0 Å². The molecule has 1 aromatic carbocycles. The summed E-state index contributed by atoms with van der Waals surface area (Å²) in [7, 11) is -3.92. The predicted molar refractivity (Wildman–Crippen MR) is 121 cm³/mol. The third-order valence-electron chi connectivity index (χ3n) is 5.75. The molecule has 2 N–H and O–H groups in total. The number of aromatic nitrogens is 1. The van der Waals surface area contributed by atoms with E-state index in [2.05, 4.69) is 15.0 Å². The SMILES string of the molecule is Cc1ccc(NC(=O)[C@H](C)NS(=O)(=O)c2ccc3c(c2)CCN3C(=O)N2CCCC2)nc1. The number of aryl methyl sites for hydroxylation is 1. The van der Waals surface area contributed by atoms with Crippen LogP contribution in [0.15, 0.2) is 41.4 Å². The second-order valence-electron chi connectivity index (χ2n) is 8.22. The first-order chi connectivity index (χ1) is 15.2. The summed E-state index contributed by atoms with van der Waals surface area (Å²) in [6.07, 6.45) is 4.24. The van der Waals surface area contributed by atoms with Crippen LogP contribution in [-0.2, 0) is 21.2 Å². The van der Waals surface area contributed by atoms with Crippen molar-refractivity contribution in [2.45, 2.75) is 44.0 Å². The van der Waals surface area contributed by atoms with E-state index in [1.165, 1.54) is 13.0 Å². The maximum Gasteiger partial charge on any atom is 0.324 e. The Morgan fingerprint density at radius 1 is 1.09 bits per heavy atom. The number of fused-ring (bicyclic) bond motifs is 1. The number of pyridine rings is 1. The lowest BCUT2D eigenvalue weighted by molar-refractivity contribution is -0.117. The number of hydrogen-bond donors (Lipinski definition) is 2. The van der Waals surface area contributed by atoms with Crippen LogP contribution in [0.25, 0.3) is 0 Å². The first kappa shape index (κ1) is 22.2. The molecule has 0 unspecified atom stereocenters. The van der Waals surface area contributed by atoms with Gasteiger partial charge in [-0.25, -0.2) is 18.2 Å². The average Bonchev–Trinajstić information content (AvgIpc) is 3.44. The maximum atomic E-state index is 12.9. The van der Waals surface area contributed by atoms with Crippen molar-refractivity contribution in [3.8, 4) is 0 Å². The smallest absolute Gasteiger partial charge is 0.324 e. The summed E-state index contributed by atoms with van der Waals surface area (Å²) in [5.74, 6) is -0.152. The number of rotatable bonds is 5. The van der Waals surface area contributed by atoms with Crippen molar-refractivity contribution in [1.29, 1.82) is 0 Å². The van der Waals surface area contributed by atoms with Gasteiger partial charge >= 0.3 is 6.03 Å². The molecule has 3 amide bonds. The minimum absolute atomic E-state index is 0.0232. The highest BCUT2D eigenvalue weighted by molar-refractivity contribution is 7.89. The van der Waals surface area contributed by atoms with Gasteiger partial charge in [0.05, 0.1) is 10.9 Å². The Hall–Kier alpha value is -2.98. The van der Waals surface area contributed by atoms with E-state index in [0.717, 1.165) is 42.7 Å². The fourth-order valence-corrected chi connectivity index (χ4v) is 5.21. The molecule has 0 saturated carbocycles.